The predicted molar refractivity (Wildman–Crippen MR) is 143 cm³/mol. The average molecular weight is 598 g/mol. The Balaban J connectivity index is 1.79. The van der Waals surface area contributed by atoms with Gasteiger partial charge in [-0.2, -0.15) is 13.2 Å². The summed E-state index contributed by atoms with van der Waals surface area (Å²) in [5.74, 6) is -1.19. The van der Waals surface area contributed by atoms with E-state index in [0.717, 1.165) is 22.5 Å². The monoisotopic (exact) mass is 597 g/mol. The summed E-state index contributed by atoms with van der Waals surface area (Å²) in [6, 6.07) is 12.6. The third-order valence-corrected chi connectivity index (χ3v) is 8.44. The van der Waals surface area contributed by atoms with E-state index in [-0.39, 0.29) is 29.2 Å². The van der Waals surface area contributed by atoms with Crippen molar-refractivity contribution < 1.29 is 40.2 Å². The molecule has 0 aromatic heterocycles. The second-order valence-electron chi connectivity index (χ2n) is 9.09. The van der Waals surface area contributed by atoms with E-state index in [1.54, 1.807) is 37.3 Å². The number of esters is 1. The minimum absolute atomic E-state index is 0.187. The summed E-state index contributed by atoms with van der Waals surface area (Å²) in [6.07, 6.45) is -3.68. The third-order valence-electron chi connectivity index (χ3n) is 6.35. The first-order valence-corrected chi connectivity index (χ1v) is 13.8. The molecule has 1 aliphatic rings. The maximum atomic E-state index is 14.5. The average Bonchev–Trinajstić information content (AvgIpc) is 2.90. The van der Waals surface area contributed by atoms with Gasteiger partial charge in [0, 0.05) is 12.0 Å². The lowest BCUT2D eigenvalue weighted by molar-refractivity contribution is -0.147. The molecule has 0 bridgehead atoms. The summed E-state index contributed by atoms with van der Waals surface area (Å²) in [5.41, 5.74) is 0.802. The minimum atomic E-state index is -4.75. The molecule has 0 fully saturated rings. The van der Waals surface area contributed by atoms with Crippen LogP contribution in [0.15, 0.2) is 65.6 Å². The second-order valence-corrected chi connectivity index (χ2v) is 11.4. The van der Waals surface area contributed by atoms with Crippen LogP contribution in [0.2, 0.25) is 5.02 Å². The van der Waals surface area contributed by atoms with Gasteiger partial charge in [0.15, 0.2) is 0 Å². The first-order valence-electron chi connectivity index (χ1n) is 12.0. The highest BCUT2D eigenvalue weighted by Gasteiger charge is 2.36. The molecule has 1 heterocycles. The number of nitrogens with zero attached hydrogens (tertiary/aromatic N) is 1. The van der Waals surface area contributed by atoms with E-state index in [4.69, 9.17) is 16.3 Å². The second kappa shape index (κ2) is 11.6. The molecule has 0 N–H and O–H groups in total. The van der Waals surface area contributed by atoms with Gasteiger partial charge >= 0.3 is 12.1 Å². The molecular weight excluding hydrogens is 574 g/mol. The molecule has 0 amide bonds. The zero-order valence-corrected chi connectivity index (χ0v) is 22.9. The van der Waals surface area contributed by atoms with Crippen LogP contribution in [0.4, 0.5) is 23.2 Å². The van der Waals surface area contributed by atoms with Gasteiger partial charge in [-0.1, -0.05) is 41.9 Å². The number of ether oxygens (including phenoxy) is 2. The molecule has 0 unspecified atom stereocenters. The van der Waals surface area contributed by atoms with E-state index in [0.29, 0.717) is 22.8 Å². The Kier molecular flexibility index (Phi) is 8.57. The standard InChI is InChI=1S/C28H24ClF4NO5S/c1-17(27-23(29)7-4-8-24(27)30)11-18-9-10-19-13-21(39-16-26(35)38-2)15-34(25(19)12-18)40(36,37)22-6-3-5-20(14-22)28(31,32)33/h3-12,14,21H,13,15-16H2,1-2H3/b17-11+/t21-/m1/s1. The first kappa shape index (κ1) is 29.6. The fraction of sp³-hybridized carbons (Fsp3) is 0.250. The SMILES string of the molecule is COC(=O)CO[C@@H]1Cc2ccc(/C=C(\C)c3c(F)cccc3Cl)cc2N(S(=O)(=O)c2cccc(C(F)(F)F)c2)C1. The van der Waals surface area contributed by atoms with E-state index < -0.39 is 51.2 Å². The lowest BCUT2D eigenvalue weighted by Gasteiger charge is -2.35. The van der Waals surface area contributed by atoms with Gasteiger partial charge in [0.2, 0.25) is 0 Å². The lowest BCUT2D eigenvalue weighted by atomic mass is 9.97. The number of anilines is 1. The molecule has 0 radical (unpaired) electrons. The van der Waals surface area contributed by atoms with Gasteiger partial charge < -0.3 is 9.47 Å². The number of methoxy groups -OCH3 is 1. The number of fused-ring (bicyclic) bond motifs is 1. The molecule has 1 aliphatic heterocycles. The van der Waals surface area contributed by atoms with Gasteiger partial charge in [-0.15, -0.1) is 0 Å². The Morgan fingerprint density at radius 1 is 1.12 bits per heavy atom. The number of allylic oxidation sites excluding steroid dienone is 1. The summed E-state index contributed by atoms with van der Waals surface area (Å²) in [5, 5.41) is 0.200. The molecule has 40 heavy (non-hydrogen) atoms. The molecule has 212 valence electrons. The smallest absolute Gasteiger partial charge is 0.416 e. The molecule has 3 aromatic rings. The van der Waals surface area contributed by atoms with Gasteiger partial charge in [-0.25, -0.2) is 17.6 Å². The number of carbonyl (C=O) groups excluding carboxylic acids is 1. The van der Waals surface area contributed by atoms with E-state index in [9.17, 15) is 30.8 Å². The Morgan fingerprint density at radius 3 is 2.52 bits per heavy atom. The summed E-state index contributed by atoms with van der Waals surface area (Å²) in [6.45, 7) is 0.947. The van der Waals surface area contributed by atoms with E-state index in [2.05, 4.69) is 4.74 Å². The van der Waals surface area contributed by atoms with Gasteiger partial charge in [0.1, 0.15) is 12.4 Å². The molecule has 4 rings (SSSR count). The van der Waals surface area contributed by atoms with Crippen molar-refractivity contribution in [2.24, 2.45) is 0 Å². The van der Waals surface area contributed by atoms with Crippen LogP contribution in [0.5, 0.6) is 0 Å². The van der Waals surface area contributed by atoms with Crippen LogP contribution in [0.3, 0.4) is 0 Å². The number of rotatable bonds is 7. The van der Waals surface area contributed by atoms with Crippen LogP contribution in [-0.2, 0) is 36.9 Å². The van der Waals surface area contributed by atoms with Gasteiger partial charge in [0.25, 0.3) is 10.0 Å². The highest BCUT2D eigenvalue weighted by molar-refractivity contribution is 7.92. The molecular formula is C28H24ClF4NO5S. The quantitative estimate of drug-likeness (QED) is 0.180. The van der Waals surface area contributed by atoms with Gasteiger partial charge in [-0.05, 0) is 60.0 Å². The number of hydrogen-bond acceptors (Lipinski definition) is 5. The molecule has 0 aliphatic carbocycles. The Hall–Kier alpha value is -3.41. The molecule has 3 aromatic carbocycles. The van der Waals surface area contributed by atoms with Crippen molar-refractivity contribution in [2.75, 3.05) is 24.6 Å². The van der Waals surface area contributed by atoms with Gasteiger partial charge in [-0.3, -0.25) is 4.31 Å². The van der Waals surface area contributed by atoms with E-state index in [1.165, 1.54) is 19.2 Å². The van der Waals surface area contributed by atoms with Crippen LogP contribution >= 0.6 is 11.6 Å². The van der Waals surface area contributed by atoms with Crippen LogP contribution < -0.4 is 4.31 Å². The Morgan fingerprint density at radius 2 is 1.85 bits per heavy atom. The number of benzene rings is 3. The molecule has 0 saturated heterocycles. The van der Waals surface area contributed by atoms with Crippen molar-refractivity contribution in [1.82, 2.24) is 0 Å². The molecule has 12 heteroatoms. The molecule has 0 saturated carbocycles. The minimum Gasteiger partial charge on any atom is -0.467 e. The summed E-state index contributed by atoms with van der Waals surface area (Å²) in [7, 11) is -3.33. The number of sulfonamides is 1. The Bertz CT molecular complexity index is 1550. The van der Waals surface area contributed by atoms with Crippen molar-refractivity contribution in [3.05, 3.63) is 93.8 Å². The maximum absolute atomic E-state index is 14.5. The van der Waals surface area contributed by atoms with Crippen molar-refractivity contribution >= 4 is 44.9 Å². The molecule has 1 atom stereocenters. The van der Waals surface area contributed by atoms with E-state index >= 15 is 0 Å². The fourth-order valence-corrected chi connectivity index (χ4v) is 6.29. The maximum Gasteiger partial charge on any atom is 0.416 e. The number of halogens is 5. The highest BCUT2D eigenvalue weighted by atomic mass is 35.5. The van der Waals surface area contributed by atoms with Gasteiger partial charge in [0.05, 0.1) is 40.9 Å². The summed E-state index contributed by atoms with van der Waals surface area (Å²) >= 11 is 6.18. The molecule has 6 nitrogen and oxygen atoms in total. The normalized spacial score (nSPS) is 16.0. The lowest BCUT2D eigenvalue weighted by Crippen LogP contribution is -2.44. The zero-order valence-electron chi connectivity index (χ0n) is 21.3. The number of carbonyl (C=O) groups is 1. The number of alkyl halides is 3. The van der Waals surface area contributed by atoms with Crippen LogP contribution in [0.1, 0.15) is 29.2 Å². The van der Waals surface area contributed by atoms with Crippen LogP contribution in [-0.4, -0.2) is 40.8 Å². The predicted octanol–water partition coefficient (Wildman–Crippen LogP) is 6.37. The summed E-state index contributed by atoms with van der Waals surface area (Å²) in [4.78, 5) is 11.1. The summed E-state index contributed by atoms with van der Waals surface area (Å²) < 4.78 is 93.2. The van der Waals surface area contributed by atoms with Crippen LogP contribution in [0.25, 0.3) is 11.6 Å². The Labute approximate surface area is 233 Å². The topological polar surface area (TPSA) is 72.9 Å². The van der Waals surface area contributed by atoms with Crippen molar-refractivity contribution in [1.29, 1.82) is 0 Å². The largest absolute Gasteiger partial charge is 0.467 e. The van der Waals surface area contributed by atoms with Crippen molar-refractivity contribution in [3.8, 4) is 0 Å². The number of hydrogen-bond donors (Lipinski definition) is 0. The molecule has 0 spiro atoms. The zero-order chi connectivity index (χ0) is 29.2. The third kappa shape index (κ3) is 6.32. The highest BCUT2D eigenvalue weighted by Crippen LogP contribution is 2.37. The van der Waals surface area contributed by atoms with Crippen molar-refractivity contribution in [3.63, 3.8) is 0 Å². The van der Waals surface area contributed by atoms with E-state index in [1.807, 2.05) is 0 Å². The fourth-order valence-electron chi connectivity index (χ4n) is 4.41. The van der Waals surface area contributed by atoms with Crippen LogP contribution in [0, 0.1) is 5.82 Å². The first-order chi connectivity index (χ1) is 18.8. The van der Waals surface area contributed by atoms with Crippen molar-refractivity contribution in [2.45, 2.75) is 30.5 Å².